The molecule has 45 heavy (non-hydrogen) atoms. The van der Waals surface area contributed by atoms with Crippen molar-refractivity contribution in [3.63, 3.8) is 0 Å². The Labute approximate surface area is 264 Å². The number of amides is 2. The summed E-state index contributed by atoms with van der Waals surface area (Å²) < 4.78 is 65.5. The maximum atomic E-state index is 13.1. The molecule has 0 saturated heterocycles. The number of alkyl halides is 3. The lowest BCUT2D eigenvalue weighted by Gasteiger charge is -2.65. The predicted octanol–water partition coefficient (Wildman–Crippen LogP) is 7.26. The smallest absolute Gasteiger partial charge is 0.393 e. The molecule has 3 N–H and O–H groups in total. The average Bonchev–Trinajstić information content (AvgIpc) is 3.30. The lowest BCUT2D eigenvalue weighted by molar-refractivity contribution is -0.160. The van der Waals surface area contributed by atoms with Crippen LogP contribution in [0.2, 0.25) is 0 Å². The number of aliphatic hydroxyl groups is 1. The highest BCUT2D eigenvalue weighted by molar-refractivity contribution is 7.90. The van der Waals surface area contributed by atoms with Crippen LogP contribution in [0, 0.1) is 51.2 Å². The molecule has 0 aliphatic heterocycles. The SMILES string of the molecule is CC[C@H]1C[C@@H]2[C@H](CC[C@]3(C)[C@@H]([C@H](C)CCNC(=O)NS(=O)(=O)c4ccc(C(F)(F)F)cc4)CC[C@@]23N=O)[C@@]2(C)CC[C@@H](O)C[C@@H]12. The molecule has 1 aromatic carbocycles. The van der Waals surface area contributed by atoms with Crippen LogP contribution in [0.5, 0.6) is 0 Å². The Morgan fingerprint density at radius 3 is 2.36 bits per heavy atom. The zero-order valence-corrected chi connectivity index (χ0v) is 27.5. The minimum absolute atomic E-state index is 0.101. The predicted molar refractivity (Wildman–Crippen MR) is 164 cm³/mol. The van der Waals surface area contributed by atoms with Gasteiger partial charge in [0.2, 0.25) is 0 Å². The number of benzene rings is 1. The first-order valence-electron chi connectivity index (χ1n) is 16.5. The quantitative estimate of drug-likeness (QED) is 0.254. The first-order valence-corrected chi connectivity index (χ1v) is 18.0. The van der Waals surface area contributed by atoms with E-state index in [0.29, 0.717) is 36.3 Å². The van der Waals surface area contributed by atoms with E-state index in [9.17, 15) is 36.4 Å². The van der Waals surface area contributed by atoms with E-state index in [0.717, 1.165) is 69.9 Å². The highest BCUT2D eigenvalue weighted by Gasteiger charge is 2.70. The van der Waals surface area contributed by atoms with Crippen molar-refractivity contribution in [1.29, 1.82) is 0 Å². The van der Waals surface area contributed by atoms with Gasteiger partial charge in [-0.25, -0.2) is 17.9 Å². The van der Waals surface area contributed by atoms with Crippen LogP contribution >= 0.6 is 0 Å². The number of hydrogen-bond acceptors (Lipinski definition) is 6. The number of sulfonamides is 1. The molecule has 2 amide bonds. The fourth-order valence-corrected chi connectivity index (χ4v) is 11.6. The standard InChI is InChI=1S/C33H48F3N3O5S/c1-5-21-18-28-26(30(3)14-10-23(40)19-27(21)30)11-15-31(4)25(12-16-32(28,31)39-42)20(2)13-17-37-29(41)38-45(43,44)24-8-6-22(7-9-24)33(34,35)36/h6-9,20-21,23,25-28,40H,5,10-19H2,1-4H3,(H2,37,38,41)/t20-,21+,23-,25-,26+,27+,28-,30-,31-,32-/m1/s1. The normalized spacial score (nSPS) is 38.8. The number of rotatable bonds is 8. The van der Waals surface area contributed by atoms with Crippen molar-refractivity contribution in [1.82, 2.24) is 10.0 Å². The molecule has 4 aliphatic rings. The number of nitrogens with one attached hydrogen (secondary N) is 2. The number of carbonyl (C=O) groups is 1. The molecule has 10 atom stereocenters. The van der Waals surface area contributed by atoms with Gasteiger partial charge in [-0.15, -0.1) is 0 Å². The highest BCUT2D eigenvalue weighted by Crippen LogP contribution is 2.72. The van der Waals surface area contributed by atoms with E-state index >= 15 is 0 Å². The Balaban J connectivity index is 1.23. The van der Waals surface area contributed by atoms with Crippen molar-refractivity contribution in [2.75, 3.05) is 6.54 Å². The summed E-state index contributed by atoms with van der Waals surface area (Å²) in [5.41, 5.74) is -1.81. The molecule has 0 unspecified atom stereocenters. The third kappa shape index (κ3) is 5.80. The van der Waals surface area contributed by atoms with Gasteiger partial charge in [-0.1, -0.05) is 39.3 Å². The largest absolute Gasteiger partial charge is 0.416 e. The van der Waals surface area contributed by atoms with Crippen molar-refractivity contribution in [2.24, 2.45) is 51.5 Å². The summed E-state index contributed by atoms with van der Waals surface area (Å²) in [7, 11) is -4.35. The van der Waals surface area contributed by atoms with Crippen LogP contribution in [0.25, 0.3) is 0 Å². The van der Waals surface area contributed by atoms with E-state index in [1.165, 1.54) is 0 Å². The summed E-state index contributed by atoms with van der Waals surface area (Å²) in [4.78, 5) is 25.1. The van der Waals surface area contributed by atoms with Gasteiger partial charge in [-0.05, 0) is 128 Å². The number of nitroso groups, excluding NO2 is 1. The molecule has 0 heterocycles. The van der Waals surface area contributed by atoms with Crippen LogP contribution in [0.15, 0.2) is 34.3 Å². The Morgan fingerprint density at radius 1 is 1.04 bits per heavy atom. The van der Waals surface area contributed by atoms with E-state index in [-0.39, 0.29) is 41.2 Å². The third-order valence-corrected chi connectivity index (χ3v) is 14.4. The molecule has 8 nitrogen and oxygen atoms in total. The molecule has 4 aliphatic carbocycles. The second-order valence-electron chi connectivity index (χ2n) is 14.9. The molecule has 0 spiro atoms. The second kappa shape index (κ2) is 12.1. The number of hydrogen-bond donors (Lipinski definition) is 3. The van der Waals surface area contributed by atoms with E-state index in [1.807, 2.05) is 4.72 Å². The lowest BCUT2D eigenvalue weighted by atomic mass is 9.40. The number of aliphatic hydroxyl groups excluding tert-OH is 1. The topological polar surface area (TPSA) is 125 Å². The zero-order chi connectivity index (χ0) is 33.0. The molecule has 4 fully saturated rings. The summed E-state index contributed by atoms with van der Waals surface area (Å²) in [5, 5.41) is 17.2. The van der Waals surface area contributed by atoms with Crippen molar-refractivity contribution in [3.05, 3.63) is 34.7 Å². The van der Waals surface area contributed by atoms with Gasteiger partial charge in [0.25, 0.3) is 10.0 Å². The molecule has 0 aromatic heterocycles. The van der Waals surface area contributed by atoms with Crippen molar-refractivity contribution in [3.8, 4) is 0 Å². The van der Waals surface area contributed by atoms with Crippen LogP contribution in [0.3, 0.4) is 0 Å². The fourth-order valence-electron chi connectivity index (χ4n) is 10.7. The van der Waals surface area contributed by atoms with Gasteiger partial charge in [0, 0.05) is 6.54 Å². The number of urea groups is 1. The van der Waals surface area contributed by atoms with E-state index in [2.05, 4.69) is 38.2 Å². The summed E-state index contributed by atoms with van der Waals surface area (Å²) in [6, 6.07) is 2.00. The summed E-state index contributed by atoms with van der Waals surface area (Å²) in [6.07, 6.45) is 3.99. The van der Waals surface area contributed by atoms with Crippen molar-refractivity contribution in [2.45, 2.75) is 115 Å². The van der Waals surface area contributed by atoms with Gasteiger partial charge < -0.3 is 10.4 Å². The van der Waals surface area contributed by atoms with E-state index in [4.69, 9.17) is 0 Å². The zero-order valence-electron chi connectivity index (χ0n) is 26.7. The van der Waals surface area contributed by atoms with Crippen LogP contribution in [-0.2, 0) is 16.2 Å². The van der Waals surface area contributed by atoms with Gasteiger partial charge >= 0.3 is 12.2 Å². The van der Waals surface area contributed by atoms with Crippen LogP contribution < -0.4 is 10.0 Å². The maximum Gasteiger partial charge on any atom is 0.416 e. The monoisotopic (exact) mass is 655 g/mol. The van der Waals surface area contributed by atoms with Crippen molar-refractivity contribution >= 4 is 16.1 Å². The maximum absolute atomic E-state index is 13.1. The molecule has 0 radical (unpaired) electrons. The third-order valence-electron chi connectivity index (χ3n) is 13.1. The molecule has 5 rings (SSSR count). The van der Waals surface area contributed by atoms with Gasteiger partial charge in [-0.2, -0.15) is 18.1 Å². The first kappa shape index (κ1) is 34.1. The molecule has 252 valence electrons. The Hall–Kier alpha value is -2.21. The molecular formula is C33H48F3N3O5S. The number of halogens is 3. The summed E-state index contributed by atoms with van der Waals surface area (Å²) in [5.74, 6) is 1.92. The fraction of sp³-hybridized carbons (Fsp3) is 0.788. The Kier molecular flexibility index (Phi) is 9.18. The van der Waals surface area contributed by atoms with Gasteiger partial charge in [0.1, 0.15) is 5.54 Å². The van der Waals surface area contributed by atoms with E-state index in [1.54, 1.807) is 0 Å². The van der Waals surface area contributed by atoms with Crippen LogP contribution in [-0.4, -0.2) is 37.7 Å². The molecule has 0 bridgehead atoms. The number of fused-ring (bicyclic) bond motifs is 5. The van der Waals surface area contributed by atoms with E-state index < -0.39 is 38.2 Å². The number of carbonyl (C=O) groups excluding carboxylic acids is 1. The second-order valence-corrected chi connectivity index (χ2v) is 16.6. The van der Waals surface area contributed by atoms with Crippen molar-refractivity contribution < 1.29 is 31.5 Å². The first-order chi connectivity index (χ1) is 21.0. The molecule has 4 saturated carbocycles. The number of nitrogens with zero attached hydrogens (tertiary/aromatic N) is 1. The minimum Gasteiger partial charge on any atom is -0.393 e. The molecule has 12 heteroatoms. The van der Waals surface area contributed by atoms with Gasteiger partial charge in [0.05, 0.1) is 16.6 Å². The minimum atomic E-state index is -4.60. The Bertz CT molecular complexity index is 1370. The molecular weight excluding hydrogens is 607 g/mol. The molecule has 1 aromatic rings. The van der Waals surface area contributed by atoms with Gasteiger partial charge in [-0.3, -0.25) is 0 Å². The Morgan fingerprint density at radius 2 is 1.73 bits per heavy atom. The van der Waals surface area contributed by atoms with Crippen LogP contribution in [0.4, 0.5) is 18.0 Å². The average molecular weight is 656 g/mol. The summed E-state index contributed by atoms with van der Waals surface area (Å²) >= 11 is 0. The van der Waals surface area contributed by atoms with Crippen LogP contribution in [0.1, 0.15) is 97.5 Å². The lowest BCUT2D eigenvalue weighted by Crippen LogP contribution is -2.63. The highest BCUT2D eigenvalue weighted by atomic mass is 32.2. The summed E-state index contributed by atoms with van der Waals surface area (Å²) in [6.45, 7) is 9.21. The van der Waals surface area contributed by atoms with Gasteiger partial charge in [0.15, 0.2) is 0 Å².